The maximum atomic E-state index is 8.71. The summed E-state index contributed by atoms with van der Waals surface area (Å²) in [5.74, 6) is 0. The van der Waals surface area contributed by atoms with E-state index in [4.69, 9.17) is 5.26 Å². The van der Waals surface area contributed by atoms with Crippen LogP contribution in [0.1, 0.15) is 5.56 Å². The second-order valence-corrected chi connectivity index (χ2v) is 3.86. The SMILES string of the molecule is N#Cc1ccc(Nn2cccc2)c(Br)c1. The zero-order valence-corrected chi connectivity index (χ0v) is 9.40. The molecule has 0 atom stereocenters. The Balaban J connectivity index is 2.27. The topological polar surface area (TPSA) is 40.8 Å². The Morgan fingerprint density at radius 3 is 2.60 bits per heavy atom. The fourth-order valence-corrected chi connectivity index (χ4v) is 1.69. The van der Waals surface area contributed by atoms with Crippen LogP contribution in [0, 0.1) is 11.3 Å². The summed E-state index contributed by atoms with van der Waals surface area (Å²) in [4.78, 5) is 0. The van der Waals surface area contributed by atoms with Gasteiger partial charge < -0.3 is 0 Å². The van der Waals surface area contributed by atoms with Crippen LogP contribution < -0.4 is 5.43 Å². The molecular formula is C11H8BrN3. The average Bonchev–Trinajstić information content (AvgIpc) is 2.74. The van der Waals surface area contributed by atoms with Gasteiger partial charge in [0.25, 0.3) is 0 Å². The number of aromatic nitrogens is 1. The Bertz CT molecular complexity index is 497. The van der Waals surface area contributed by atoms with Gasteiger partial charge in [-0.2, -0.15) is 5.26 Å². The molecule has 0 unspecified atom stereocenters. The van der Waals surface area contributed by atoms with E-state index in [9.17, 15) is 0 Å². The number of nitrogens with one attached hydrogen (secondary N) is 1. The van der Waals surface area contributed by atoms with E-state index in [1.807, 2.05) is 35.3 Å². The first-order valence-corrected chi connectivity index (χ1v) is 5.18. The predicted molar refractivity (Wildman–Crippen MR) is 62.3 cm³/mol. The molecule has 0 amide bonds. The fourth-order valence-electron chi connectivity index (χ4n) is 1.22. The molecule has 1 heterocycles. The van der Waals surface area contributed by atoms with Crippen molar-refractivity contribution in [3.8, 4) is 6.07 Å². The van der Waals surface area contributed by atoms with Crippen molar-refractivity contribution in [3.05, 3.63) is 52.8 Å². The summed E-state index contributed by atoms with van der Waals surface area (Å²) in [6, 6.07) is 11.4. The lowest BCUT2D eigenvalue weighted by atomic mass is 10.2. The van der Waals surface area contributed by atoms with Crippen molar-refractivity contribution >= 4 is 21.6 Å². The minimum atomic E-state index is 0.639. The third-order valence-electron chi connectivity index (χ3n) is 1.95. The molecule has 15 heavy (non-hydrogen) atoms. The van der Waals surface area contributed by atoms with Crippen LogP contribution in [0.4, 0.5) is 5.69 Å². The Hall–Kier alpha value is -1.73. The van der Waals surface area contributed by atoms with E-state index < -0.39 is 0 Å². The molecule has 1 aromatic carbocycles. The van der Waals surface area contributed by atoms with Crippen LogP contribution >= 0.6 is 15.9 Å². The monoisotopic (exact) mass is 261 g/mol. The highest BCUT2D eigenvalue weighted by Crippen LogP contribution is 2.23. The standard InChI is InChI=1S/C11H8BrN3/c12-10-7-9(8-13)3-4-11(10)14-15-5-1-2-6-15/h1-7,14H. The van der Waals surface area contributed by atoms with Crippen LogP contribution in [0.25, 0.3) is 0 Å². The molecule has 74 valence electrons. The molecular weight excluding hydrogens is 254 g/mol. The third kappa shape index (κ3) is 2.20. The molecule has 0 fully saturated rings. The molecule has 0 saturated heterocycles. The minimum Gasteiger partial charge on any atom is -0.294 e. The van der Waals surface area contributed by atoms with Crippen LogP contribution in [0.2, 0.25) is 0 Å². The number of rotatable bonds is 2. The van der Waals surface area contributed by atoms with Crippen LogP contribution in [0.5, 0.6) is 0 Å². The van der Waals surface area contributed by atoms with Crippen LogP contribution in [0.15, 0.2) is 47.2 Å². The highest BCUT2D eigenvalue weighted by atomic mass is 79.9. The van der Waals surface area contributed by atoms with E-state index in [1.165, 1.54) is 0 Å². The van der Waals surface area contributed by atoms with E-state index in [-0.39, 0.29) is 0 Å². The molecule has 2 rings (SSSR count). The molecule has 0 bridgehead atoms. The van der Waals surface area contributed by atoms with Crippen molar-refractivity contribution in [1.82, 2.24) is 4.68 Å². The van der Waals surface area contributed by atoms with Crippen molar-refractivity contribution in [3.63, 3.8) is 0 Å². The maximum Gasteiger partial charge on any atom is 0.0992 e. The molecule has 1 N–H and O–H groups in total. The molecule has 0 aliphatic carbocycles. The normalized spacial score (nSPS) is 9.60. The Morgan fingerprint density at radius 2 is 2.00 bits per heavy atom. The van der Waals surface area contributed by atoms with E-state index in [2.05, 4.69) is 27.4 Å². The Morgan fingerprint density at radius 1 is 1.27 bits per heavy atom. The van der Waals surface area contributed by atoms with Crippen molar-refractivity contribution < 1.29 is 0 Å². The summed E-state index contributed by atoms with van der Waals surface area (Å²) < 4.78 is 2.71. The fraction of sp³-hybridized carbons (Fsp3) is 0. The second kappa shape index (κ2) is 4.20. The third-order valence-corrected chi connectivity index (χ3v) is 2.61. The van der Waals surface area contributed by atoms with E-state index in [0.717, 1.165) is 10.2 Å². The quantitative estimate of drug-likeness (QED) is 0.903. The number of benzene rings is 1. The van der Waals surface area contributed by atoms with Gasteiger partial charge in [-0.3, -0.25) is 10.1 Å². The van der Waals surface area contributed by atoms with Gasteiger partial charge >= 0.3 is 0 Å². The van der Waals surface area contributed by atoms with Gasteiger partial charge in [-0.15, -0.1) is 0 Å². The summed E-state index contributed by atoms with van der Waals surface area (Å²) in [5, 5.41) is 8.71. The lowest BCUT2D eigenvalue weighted by molar-refractivity contribution is 0.969. The summed E-state index contributed by atoms with van der Waals surface area (Å²) in [6.45, 7) is 0. The number of nitriles is 1. The van der Waals surface area contributed by atoms with E-state index >= 15 is 0 Å². The van der Waals surface area contributed by atoms with Crippen LogP contribution in [-0.4, -0.2) is 4.68 Å². The van der Waals surface area contributed by atoms with Gasteiger partial charge in [0.15, 0.2) is 0 Å². The molecule has 0 radical (unpaired) electrons. The van der Waals surface area contributed by atoms with Gasteiger partial charge in [-0.1, -0.05) is 0 Å². The highest BCUT2D eigenvalue weighted by Gasteiger charge is 2.00. The van der Waals surface area contributed by atoms with Gasteiger partial charge in [-0.25, -0.2) is 0 Å². The maximum absolute atomic E-state index is 8.71. The molecule has 0 aliphatic heterocycles. The number of anilines is 1. The smallest absolute Gasteiger partial charge is 0.0992 e. The minimum absolute atomic E-state index is 0.639. The molecule has 1 aromatic heterocycles. The van der Waals surface area contributed by atoms with Crippen LogP contribution in [0.3, 0.4) is 0 Å². The van der Waals surface area contributed by atoms with E-state index in [0.29, 0.717) is 5.56 Å². The van der Waals surface area contributed by atoms with Gasteiger partial charge in [-0.05, 0) is 46.3 Å². The molecule has 4 heteroatoms. The Labute approximate surface area is 96.1 Å². The highest BCUT2D eigenvalue weighted by molar-refractivity contribution is 9.10. The zero-order chi connectivity index (χ0) is 10.7. The average molecular weight is 262 g/mol. The summed E-state index contributed by atoms with van der Waals surface area (Å²) in [5.41, 5.74) is 4.72. The van der Waals surface area contributed by atoms with Gasteiger partial charge in [0.05, 0.1) is 17.3 Å². The lowest BCUT2D eigenvalue weighted by Gasteiger charge is -2.09. The first-order valence-electron chi connectivity index (χ1n) is 4.39. The first kappa shape index (κ1) is 9.81. The predicted octanol–water partition coefficient (Wildman–Crippen LogP) is 3.00. The van der Waals surface area contributed by atoms with Crippen molar-refractivity contribution in [2.45, 2.75) is 0 Å². The molecule has 0 spiro atoms. The van der Waals surface area contributed by atoms with Gasteiger partial charge in [0.1, 0.15) is 0 Å². The number of nitrogens with zero attached hydrogens (tertiary/aromatic N) is 2. The largest absolute Gasteiger partial charge is 0.294 e. The zero-order valence-electron chi connectivity index (χ0n) is 7.81. The molecule has 0 saturated carbocycles. The molecule has 3 nitrogen and oxygen atoms in total. The van der Waals surface area contributed by atoms with Gasteiger partial charge in [0.2, 0.25) is 0 Å². The summed E-state index contributed by atoms with van der Waals surface area (Å²) in [6.07, 6.45) is 3.81. The van der Waals surface area contributed by atoms with Gasteiger partial charge in [0, 0.05) is 16.9 Å². The first-order chi connectivity index (χ1) is 7.29. The number of hydrogen-bond acceptors (Lipinski definition) is 2. The number of halogens is 1. The second-order valence-electron chi connectivity index (χ2n) is 3.01. The van der Waals surface area contributed by atoms with Crippen LogP contribution in [-0.2, 0) is 0 Å². The Kier molecular flexibility index (Phi) is 2.75. The van der Waals surface area contributed by atoms with Crippen molar-refractivity contribution in [2.75, 3.05) is 5.43 Å². The lowest BCUT2D eigenvalue weighted by Crippen LogP contribution is -2.06. The van der Waals surface area contributed by atoms with Crippen molar-refractivity contribution in [1.29, 1.82) is 5.26 Å². The molecule has 0 aliphatic rings. The van der Waals surface area contributed by atoms with E-state index in [1.54, 1.807) is 12.1 Å². The molecule has 2 aromatic rings. The summed E-state index contributed by atoms with van der Waals surface area (Å²) >= 11 is 3.41. The number of hydrogen-bond donors (Lipinski definition) is 1. The van der Waals surface area contributed by atoms with Crippen molar-refractivity contribution in [2.24, 2.45) is 0 Å². The summed E-state index contributed by atoms with van der Waals surface area (Å²) in [7, 11) is 0.